The Morgan fingerprint density at radius 1 is 0.893 bits per heavy atom. The Hall–Kier alpha value is -3.54. The topological polar surface area (TPSA) is 76.7 Å². The van der Waals surface area contributed by atoms with Crippen LogP contribution in [0.15, 0.2) is 82.6 Å². The molecule has 0 saturated heterocycles. The van der Waals surface area contributed by atoms with Crippen LogP contribution in [0.1, 0.15) is 40.0 Å². The quantitative estimate of drug-likeness (QED) is 0.667. The van der Waals surface area contributed by atoms with Crippen molar-refractivity contribution in [3.8, 4) is 12.1 Å². The van der Waals surface area contributed by atoms with Gasteiger partial charge in [0, 0.05) is 9.79 Å². The van der Waals surface area contributed by atoms with Crippen LogP contribution in [-0.2, 0) is 0 Å². The highest BCUT2D eigenvalue weighted by Gasteiger charge is 2.16. The van der Waals surface area contributed by atoms with Gasteiger partial charge in [-0.3, -0.25) is 4.79 Å². The van der Waals surface area contributed by atoms with E-state index in [4.69, 9.17) is 5.26 Å². The van der Waals surface area contributed by atoms with Crippen molar-refractivity contribution in [3.05, 3.63) is 95.1 Å². The molecular formula is C23H17N3OS. The van der Waals surface area contributed by atoms with Gasteiger partial charge in [0.05, 0.1) is 28.8 Å². The molecule has 0 bridgehead atoms. The van der Waals surface area contributed by atoms with Crippen molar-refractivity contribution in [2.24, 2.45) is 0 Å². The van der Waals surface area contributed by atoms with Crippen LogP contribution in [0, 0.1) is 22.7 Å². The fraction of sp³-hybridized carbons (Fsp3) is 0.0870. The van der Waals surface area contributed by atoms with Gasteiger partial charge in [0.2, 0.25) is 0 Å². The third-order valence-electron chi connectivity index (χ3n) is 4.25. The first-order valence-corrected chi connectivity index (χ1v) is 9.51. The molecule has 1 N–H and O–H groups in total. The largest absolute Gasteiger partial charge is 0.345 e. The predicted octanol–water partition coefficient (Wildman–Crippen LogP) is 5.07. The van der Waals surface area contributed by atoms with Crippen LogP contribution in [0.4, 0.5) is 0 Å². The number of nitrogens with one attached hydrogen (secondary N) is 1. The van der Waals surface area contributed by atoms with Crippen molar-refractivity contribution in [1.29, 1.82) is 10.5 Å². The van der Waals surface area contributed by atoms with Crippen LogP contribution in [0.25, 0.3) is 0 Å². The van der Waals surface area contributed by atoms with E-state index in [1.165, 1.54) is 11.8 Å². The lowest BCUT2D eigenvalue weighted by atomic mass is 10.1. The maximum Gasteiger partial charge on any atom is 0.252 e. The van der Waals surface area contributed by atoms with Crippen LogP contribution >= 0.6 is 11.8 Å². The van der Waals surface area contributed by atoms with Crippen LogP contribution in [0.3, 0.4) is 0 Å². The van der Waals surface area contributed by atoms with Crippen molar-refractivity contribution in [1.82, 2.24) is 5.32 Å². The number of carbonyl (C=O) groups is 1. The first-order valence-electron chi connectivity index (χ1n) is 8.69. The standard InChI is InChI=1S/C23H17N3OS/c1-16(18-12-10-17(14-24)11-13-18)26-23(27)20-7-3-5-9-22(20)28-21-8-4-2-6-19(21)15-25/h2-13,16H,1H3,(H,26,27). The van der Waals surface area contributed by atoms with Gasteiger partial charge < -0.3 is 5.32 Å². The van der Waals surface area contributed by atoms with E-state index in [1.807, 2.05) is 55.5 Å². The number of nitriles is 2. The number of carbonyl (C=O) groups excluding carboxylic acids is 1. The van der Waals surface area contributed by atoms with Gasteiger partial charge in [-0.25, -0.2) is 0 Å². The molecule has 0 aliphatic heterocycles. The van der Waals surface area contributed by atoms with Gasteiger partial charge in [-0.2, -0.15) is 10.5 Å². The lowest BCUT2D eigenvalue weighted by molar-refractivity contribution is 0.0937. The van der Waals surface area contributed by atoms with E-state index in [0.717, 1.165) is 15.4 Å². The summed E-state index contributed by atoms with van der Waals surface area (Å²) in [5, 5.41) is 21.2. The number of rotatable bonds is 5. The minimum Gasteiger partial charge on any atom is -0.345 e. The molecule has 0 aromatic heterocycles. The summed E-state index contributed by atoms with van der Waals surface area (Å²) in [6.45, 7) is 1.90. The Morgan fingerprint density at radius 3 is 2.21 bits per heavy atom. The molecule has 1 unspecified atom stereocenters. The monoisotopic (exact) mass is 383 g/mol. The molecule has 0 fully saturated rings. The second-order valence-electron chi connectivity index (χ2n) is 6.14. The average Bonchev–Trinajstić information content (AvgIpc) is 2.74. The van der Waals surface area contributed by atoms with Gasteiger partial charge in [-0.1, -0.05) is 48.2 Å². The molecule has 0 radical (unpaired) electrons. The first-order chi connectivity index (χ1) is 13.6. The molecule has 28 heavy (non-hydrogen) atoms. The molecule has 1 atom stereocenters. The molecule has 0 spiro atoms. The molecule has 0 heterocycles. The summed E-state index contributed by atoms with van der Waals surface area (Å²) in [5.41, 5.74) is 2.64. The van der Waals surface area contributed by atoms with Gasteiger partial charge >= 0.3 is 0 Å². The van der Waals surface area contributed by atoms with E-state index in [1.54, 1.807) is 24.3 Å². The molecule has 4 nitrogen and oxygen atoms in total. The zero-order chi connectivity index (χ0) is 19.9. The van der Waals surface area contributed by atoms with Gasteiger partial charge in [-0.05, 0) is 48.9 Å². The molecule has 3 rings (SSSR count). The number of hydrogen-bond donors (Lipinski definition) is 1. The number of hydrogen-bond acceptors (Lipinski definition) is 4. The Kier molecular flexibility index (Phi) is 6.11. The van der Waals surface area contributed by atoms with E-state index in [0.29, 0.717) is 16.7 Å². The lowest BCUT2D eigenvalue weighted by Crippen LogP contribution is -2.27. The fourth-order valence-corrected chi connectivity index (χ4v) is 3.74. The minimum atomic E-state index is -0.204. The third kappa shape index (κ3) is 4.40. The molecule has 0 saturated carbocycles. The van der Waals surface area contributed by atoms with Crippen molar-refractivity contribution < 1.29 is 4.79 Å². The van der Waals surface area contributed by atoms with E-state index in [-0.39, 0.29) is 11.9 Å². The van der Waals surface area contributed by atoms with Gasteiger partial charge in [0.15, 0.2) is 0 Å². The predicted molar refractivity (Wildman–Crippen MR) is 109 cm³/mol. The van der Waals surface area contributed by atoms with Crippen molar-refractivity contribution in [3.63, 3.8) is 0 Å². The smallest absolute Gasteiger partial charge is 0.252 e. The summed E-state index contributed by atoms with van der Waals surface area (Å²) in [7, 11) is 0. The molecule has 136 valence electrons. The summed E-state index contributed by atoms with van der Waals surface area (Å²) in [6, 6.07) is 25.9. The van der Waals surface area contributed by atoms with E-state index < -0.39 is 0 Å². The van der Waals surface area contributed by atoms with E-state index >= 15 is 0 Å². The maximum atomic E-state index is 12.9. The zero-order valence-corrected chi connectivity index (χ0v) is 16.0. The fourth-order valence-electron chi connectivity index (χ4n) is 2.71. The Morgan fingerprint density at radius 2 is 1.54 bits per heavy atom. The highest BCUT2D eigenvalue weighted by Crippen LogP contribution is 2.32. The van der Waals surface area contributed by atoms with E-state index in [2.05, 4.69) is 17.5 Å². The maximum absolute atomic E-state index is 12.9. The molecular weight excluding hydrogens is 366 g/mol. The van der Waals surface area contributed by atoms with Crippen LogP contribution in [0.2, 0.25) is 0 Å². The van der Waals surface area contributed by atoms with Gasteiger partial charge in [-0.15, -0.1) is 0 Å². The lowest BCUT2D eigenvalue weighted by Gasteiger charge is -2.16. The number of nitrogens with zero attached hydrogens (tertiary/aromatic N) is 2. The average molecular weight is 383 g/mol. The summed E-state index contributed by atoms with van der Waals surface area (Å²) >= 11 is 1.40. The second-order valence-corrected chi connectivity index (χ2v) is 7.22. The Balaban J connectivity index is 1.80. The highest BCUT2D eigenvalue weighted by atomic mass is 32.2. The van der Waals surface area contributed by atoms with Crippen LogP contribution in [-0.4, -0.2) is 5.91 Å². The van der Waals surface area contributed by atoms with Crippen molar-refractivity contribution >= 4 is 17.7 Å². The molecule has 0 aliphatic rings. The van der Waals surface area contributed by atoms with Crippen LogP contribution in [0.5, 0.6) is 0 Å². The van der Waals surface area contributed by atoms with E-state index in [9.17, 15) is 10.1 Å². The SMILES string of the molecule is CC(NC(=O)c1ccccc1Sc1ccccc1C#N)c1ccc(C#N)cc1. The molecule has 3 aromatic carbocycles. The second kappa shape index (κ2) is 8.90. The summed E-state index contributed by atoms with van der Waals surface area (Å²) in [4.78, 5) is 14.5. The van der Waals surface area contributed by atoms with Gasteiger partial charge in [0.1, 0.15) is 6.07 Å². The third-order valence-corrected chi connectivity index (χ3v) is 5.40. The summed E-state index contributed by atoms with van der Waals surface area (Å²) in [5.74, 6) is -0.186. The molecule has 1 amide bonds. The van der Waals surface area contributed by atoms with Crippen molar-refractivity contribution in [2.45, 2.75) is 22.8 Å². The van der Waals surface area contributed by atoms with Crippen molar-refractivity contribution in [2.75, 3.05) is 0 Å². The number of amides is 1. The first kappa shape index (κ1) is 19.2. The highest BCUT2D eigenvalue weighted by molar-refractivity contribution is 7.99. The summed E-state index contributed by atoms with van der Waals surface area (Å²) in [6.07, 6.45) is 0. The molecule has 3 aromatic rings. The summed E-state index contributed by atoms with van der Waals surface area (Å²) < 4.78 is 0. The Labute approximate surface area is 168 Å². The normalized spacial score (nSPS) is 11.1. The minimum absolute atomic E-state index is 0.186. The van der Waals surface area contributed by atoms with Crippen LogP contribution < -0.4 is 5.32 Å². The number of benzene rings is 3. The molecule has 0 aliphatic carbocycles. The van der Waals surface area contributed by atoms with Gasteiger partial charge in [0.25, 0.3) is 5.91 Å². The zero-order valence-electron chi connectivity index (χ0n) is 15.2. The Bertz CT molecular complexity index is 1080. The molecule has 5 heteroatoms.